The molecule has 7 nitrogen and oxygen atoms in total. The van der Waals surface area contributed by atoms with Crippen LogP contribution in [0.3, 0.4) is 0 Å². The first-order chi connectivity index (χ1) is 16.0. The highest BCUT2D eigenvalue weighted by atomic mass is 19.3. The SMILES string of the molecule is O=C(NCc1c(F)cc(F)cc1F)c1cn2c(c(O)c1=O)C(=O)N1[C@@H](C2)[C@@H]2CC(F)(F)C23C[C@@H]13. The van der Waals surface area contributed by atoms with Crippen molar-refractivity contribution in [3.05, 3.63) is 62.8 Å². The zero-order valence-electron chi connectivity index (χ0n) is 17.2. The minimum Gasteiger partial charge on any atom is -0.503 e. The number of halogens is 5. The largest absolute Gasteiger partial charge is 0.503 e. The van der Waals surface area contributed by atoms with Crippen molar-refractivity contribution in [3.63, 3.8) is 0 Å². The summed E-state index contributed by atoms with van der Waals surface area (Å²) in [6.07, 6.45) is 0.850. The fraction of sp³-hybridized carbons (Fsp3) is 0.409. The number of aromatic hydroxyl groups is 1. The summed E-state index contributed by atoms with van der Waals surface area (Å²) in [4.78, 5) is 39.6. The Balaban J connectivity index is 1.30. The summed E-state index contributed by atoms with van der Waals surface area (Å²) in [5.41, 5.74) is -4.06. The first kappa shape index (κ1) is 21.1. The van der Waals surface area contributed by atoms with Gasteiger partial charge in [0.05, 0.1) is 11.5 Å². The minimum atomic E-state index is -2.88. The minimum absolute atomic E-state index is 0.00933. The molecule has 1 saturated heterocycles. The lowest BCUT2D eigenvalue weighted by atomic mass is 9.64. The molecule has 6 rings (SSSR count). The summed E-state index contributed by atoms with van der Waals surface area (Å²) >= 11 is 0. The van der Waals surface area contributed by atoms with Crippen LogP contribution in [0.25, 0.3) is 0 Å². The quantitative estimate of drug-likeness (QED) is 0.658. The van der Waals surface area contributed by atoms with Crippen molar-refractivity contribution in [1.29, 1.82) is 0 Å². The molecular weight excluding hydrogens is 465 g/mol. The van der Waals surface area contributed by atoms with Gasteiger partial charge in [0.1, 0.15) is 23.0 Å². The zero-order valence-corrected chi connectivity index (χ0v) is 17.2. The number of amides is 2. The number of nitrogens with one attached hydrogen (secondary N) is 1. The molecule has 0 radical (unpaired) electrons. The fourth-order valence-corrected chi connectivity index (χ4v) is 6.11. The molecule has 2 aromatic rings. The zero-order chi connectivity index (χ0) is 24.3. The average molecular weight is 481 g/mol. The summed E-state index contributed by atoms with van der Waals surface area (Å²) < 4.78 is 70.4. The van der Waals surface area contributed by atoms with E-state index in [1.807, 2.05) is 0 Å². The Morgan fingerprint density at radius 3 is 2.47 bits per heavy atom. The summed E-state index contributed by atoms with van der Waals surface area (Å²) in [7, 11) is 0. The van der Waals surface area contributed by atoms with E-state index >= 15 is 0 Å². The van der Waals surface area contributed by atoms with E-state index in [0.29, 0.717) is 12.1 Å². The number of carbonyl (C=O) groups is 2. The van der Waals surface area contributed by atoms with Crippen molar-refractivity contribution in [1.82, 2.24) is 14.8 Å². The number of fused-ring (bicyclic) bond motifs is 4. The number of nitrogens with zero attached hydrogens (tertiary/aromatic N) is 2. The first-order valence-electron chi connectivity index (χ1n) is 10.6. The third-order valence-corrected chi connectivity index (χ3v) is 7.80. The number of hydrogen-bond acceptors (Lipinski definition) is 4. The number of hydrogen-bond donors (Lipinski definition) is 2. The molecule has 1 unspecified atom stereocenters. The van der Waals surface area contributed by atoms with Crippen LogP contribution in [0.5, 0.6) is 5.75 Å². The van der Waals surface area contributed by atoms with Crippen LogP contribution in [0.1, 0.15) is 39.3 Å². The maximum absolute atomic E-state index is 14.3. The Morgan fingerprint density at radius 1 is 1.15 bits per heavy atom. The molecule has 4 atom stereocenters. The van der Waals surface area contributed by atoms with E-state index in [4.69, 9.17) is 0 Å². The van der Waals surface area contributed by atoms with Crippen LogP contribution in [0.4, 0.5) is 22.0 Å². The number of alkyl halides is 2. The van der Waals surface area contributed by atoms with Gasteiger partial charge in [0, 0.05) is 55.4 Å². The molecular formula is C22H16F5N3O4. The summed E-state index contributed by atoms with van der Waals surface area (Å²) in [5.74, 6) is -9.76. The van der Waals surface area contributed by atoms with Gasteiger partial charge in [0.25, 0.3) is 17.7 Å². The van der Waals surface area contributed by atoms with Crippen molar-refractivity contribution >= 4 is 11.8 Å². The van der Waals surface area contributed by atoms with Crippen molar-refractivity contribution in [2.24, 2.45) is 11.3 Å². The lowest BCUT2D eigenvalue weighted by Crippen LogP contribution is -2.55. The molecule has 34 heavy (non-hydrogen) atoms. The third kappa shape index (κ3) is 2.43. The molecule has 2 aliphatic carbocycles. The van der Waals surface area contributed by atoms with Crippen LogP contribution in [-0.4, -0.2) is 44.4 Å². The Labute approximate surface area is 187 Å². The van der Waals surface area contributed by atoms with Crippen molar-refractivity contribution in [3.8, 4) is 5.75 Å². The molecule has 3 heterocycles. The predicted octanol–water partition coefficient (Wildman–Crippen LogP) is 2.15. The lowest BCUT2D eigenvalue weighted by Gasteiger charge is -2.46. The summed E-state index contributed by atoms with van der Waals surface area (Å²) in [5, 5.41) is 12.6. The Bertz CT molecular complexity index is 1350. The van der Waals surface area contributed by atoms with E-state index in [0.717, 1.165) is 6.20 Å². The number of aromatic nitrogens is 1. The van der Waals surface area contributed by atoms with Gasteiger partial charge in [0.15, 0.2) is 11.4 Å². The Morgan fingerprint density at radius 2 is 1.82 bits per heavy atom. The normalized spacial score (nSPS) is 29.5. The maximum atomic E-state index is 14.3. The van der Waals surface area contributed by atoms with Crippen LogP contribution in [0.2, 0.25) is 0 Å². The summed E-state index contributed by atoms with van der Waals surface area (Å²) in [6.45, 7) is -0.704. The third-order valence-electron chi connectivity index (χ3n) is 7.80. The van der Waals surface area contributed by atoms with Crippen LogP contribution >= 0.6 is 0 Å². The van der Waals surface area contributed by atoms with Crippen LogP contribution in [0.15, 0.2) is 23.1 Å². The highest BCUT2D eigenvalue weighted by Gasteiger charge is 2.87. The maximum Gasteiger partial charge on any atom is 0.275 e. The molecule has 1 aromatic heterocycles. The second-order valence-electron chi connectivity index (χ2n) is 9.31. The van der Waals surface area contributed by atoms with Crippen molar-refractivity contribution in [2.75, 3.05) is 0 Å². The molecule has 2 N–H and O–H groups in total. The van der Waals surface area contributed by atoms with E-state index < -0.39 is 87.5 Å². The van der Waals surface area contributed by atoms with Crippen LogP contribution in [0, 0.1) is 28.8 Å². The monoisotopic (exact) mass is 481 g/mol. The average Bonchev–Trinajstić information content (AvgIpc) is 3.47. The van der Waals surface area contributed by atoms with Crippen LogP contribution < -0.4 is 10.7 Å². The molecule has 0 bridgehead atoms. The van der Waals surface area contributed by atoms with E-state index in [1.165, 1.54) is 9.47 Å². The molecule has 2 aliphatic heterocycles. The van der Waals surface area contributed by atoms with Crippen molar-refractivity contribution in [2.45, 2.75) is 43.9 Å². The Hall–Kier alpha value is -3.44. The summed E-state index contributed by atoms with van der Waals surface area (Å²) in [6, 6.07) is -0.335. The smallest absolute Gasteiger partial charge is 0.275 e. The topological polar surface area (TPSA) is 91.6 Å². The molecule has 4 aliphatic rings. The van der Waals surface area contributed by atoms with Gasteiger partial charge in [-0.05, 0) is 6.42 Å². The molecule has 2 saturated carbocycles. The van der Waals surface area contributed by atoms with Gasteiger partial charge in [-0.3, -0.25) is 14.4 Å². The van der Waals surface area contributed by atoms with Crippen LogP contribution in [-0.2, 0) is 13.1 Å². The lowest BCUT2D eigenvalue weighted by molar-refractivity contribution is -0.188. The van der Waals surface area contributed by atoms with E-state index in [9.17, 15) is 41.4 Å². The highest BCUT2D eigenvalue weighted by Crippen LogP contribution is 2.79. The van der Waals surface area contributed by atoms with E-state index in [2.05, 4.69) is 5.32 Å². The van der Waals surface area contributed by atoms with Gasteiger partial charge in [-0.2, -0.15) is 0 Å². The molecule has 3 fully saturated rings. The number of benzene rings is 1. The number of carbonyl (C=O) groups excluding carboxylic acids is 2. The van der Waals surface area contributed by atoms with E-state index in [-0.39, 0.29) is 25.1 Å². The predicted molar refractivity (Wildman–Crippen MR) is 104 cm³/mol. The number of piperidine rings is 1. The fourth-order valence-electron chi connectivity index (χ4n) is 6.11. The van der Waals surface area contributed by atoms with E-state index in [1.54, 1.807) is 0 Å². The molecule has 12 heteroatoms. The van der Waals surface area contributed by atoms with Gasteiger partial charge >= 0.3 is 0 Å². The molecule has 178 valence electrons. The number of pyridine rings is 1. The Kier molecular flexibility index (Phi) is 3.95. The van der Waals surface area contributed by atoms with Crippen molar-refractivity contribution < 1.29 is 36.6 Å². The van der Waals surface area contributed by atoms with Gasteiger partial charge in [-0.1, -0.05) is 0 Å². The molecule has 1 spiro atoms. The second kappa shape index (κ2) is 6.36. The molecule has 1 aromatic carbocycles. The molecule has 2 amide bonds. The number of rotatable bonds is 3. The highest BCUT2D eigenvalue weighted by molar-refractivity contribution is 6.00. The standard InChI is InChI=1S/C22H16F5N3O4/c23-8-1-12(24)9(13(25)2-8)5-28-19(33)10-6-29-7-14-11-3-22(26,27)21(11)4-15(21)30(14)20(34)16(29)18(32)17(10)31/h1-2,6,11,14-15,32H,3-5,7H2,(H,28,33)/t11-,14-,15+,21?/m0/s1. The first-order valence-corrected chi connectivity index (χ1v) is 10.6. The second-order valence-corrected chi connectivity index (χ2v) is 9.31. The van der Waals surface area contributed by atoms with Gasteiger partial charge in [-0.15, -0.1) is 0 Å². The van der Waals surface area contributed by atoms with Gasteiger partial charge in [-0.25, -0.2) is 22.0 Å². The van der Waals surface area contributed by atoms with Gasteiger partial charge in [0.2, 0.25) is 5.43 Å². The van der Waals surface area contributed by atoms with Gasteiger partial charge < -0.3 is 19.9 Å².